The molecule has 2 rings (SSSR count). The molecule has 0 aromatic heterocycles. The normalized spacial score (nSPS) is 35.3. The van der Waals surface area contributed by atoms with Gasteiger partial charge in [0, 0.05) is 18.4 Å². The van der Waals surface area contributed by atoms with Gasteiger partial charge in [0.25, 0.3) is 0 Å². The summed E-state index contributed by atoms with van der Waals surface area (Å²) in [6, 6.07) is 0. The summed E-state index contributed by atoms with van der Waals surface area (Å²) >= 11 is 3.56. The van der Waals surface area contributed by atoms with Crippen LogP contribution >= 0.6 is 15.9 Å². The van der Waals surface area contributed by atoms with Gasteiger partial charge in [-0.25, -0.2) is 0 Å². The van der Waals surface area contributed by atoms with Crippen molar-refractivity contribution in [2.45, 2.75) is 25.7 Å². The molecule has 4 heteroatoms. The Kier molecular flexibility index (Phi) is 3.36. The SMILES string of the molecule is NCC(=O)N1CC[C@@]2(CC[C@@H](CBr)C2)C1. The standard InChI is InChI=1S/C11H19BrN2O/c12-6-9-1-2-11(5-9)3-4-14(8-11)10(15)7-13/h9H,1-8,13H2/t9-,11-/m1/s1. The van der Waals surface area contributed by atoms with E-state index < -0.39 is 0 Å². The van der Waals surface area contributed by atoms with Crippen LogP contribution in [0.2, 0.25) is 0 Å². The number of likely N-dealkylation sites (tertiary alicyclic amines) is 1. The van der Waals surface area contributed by atoms with Gasteiger partial charge in [-0.15, -0.1) is 0 Å². The molecule has 1 spiro atoms. The molecule has 0 aromatic rings. The lowest BCUT2D eigenvalue weighted by Crippen LogP contribution is -2.35. The van der Waals surface area contributed by atoms with Crippen molar-refractivity contribution >= 4 is 21.8 Å². The van der Waals surface area contributed by atoms with Crippen LogP contribution in [0.4, 0.5) is 0 Å². The Morgan fingerprint density at radius 1 is 1.53 bits per heavy atom. The van der Waals surface area contributed by atoms with Gasteiger partial charge in [0.15, 0.2) is 0 Å². The van der Waals surface area contributed by atoms with E-state index in [1.807, 2.05) is 4.90 Å². The van der Waals surface area contributed by atoms with Gasteiger partial charge in [0.2, 0.25) is 5.91 Å². The topological polar surface area (TPSA) is 46.3 Å². The maximum absolute atomic E-state index is 11.5. The van der Waals surface area contributed by atoms with Crippen molar-refractivity contribution in [3.63, 3.8) is 0 Å². The molecule has 2 fully saturated rings. The molecule has 3 nitrogen and oxygen atoms in total. The van der Waals surface area contributed by atoms with E-state index in [4.69, 9.17) is 5.73 Å². The lowest BCUT2D eigenvalue weighted by Gasteiger charge is -2.23. The van der Waals surface area contributed by atoms with Gasteiger partial charge < -0.3 is 10.6 Å². The van der Waals surface area contributed by atoms with E-state index in [9.17, 15) is 4.79 Å². The number of hydrogen-bond donors (Lipinski definition) is 1. The molecule has 1 amide bonds. The first-order chi connectivity index (χ1) is 7.19. The highest BCUT2D eigenvalue weighted by Gasteiger charge is 2.44. The smallest absolute Gasteiger partial charge is 0.236 e. The molecule has 86 valence electrons. The van der Waals surface area contributed by atoms with E-state index in [1.165, 1.54) is 25.7 Å². The maximum Gasteiger partial charge on any atom is 0.236 e. The minimum atomic E-state index is 0.120. The van der Waals surface area contributed by atoms with E-state index in [0.29, 0.717) is 5.41 Å². The van der Waals surface area contributed by atoms with Crippen molar-refractivity contribution in [2.24, 2.45) is 17.1 Å². The molecule has 0 radical (unpaired) electrons. The summed E-state index contributed by atoms with van der Waals surface area (Å²) in [4.78, 5) is 13.5. The third kappa shape index (κ3) is 2.21. The van der Waals surface area contributed by atoms with E-state index in [1.54, 1.807) is 0 Å². The molecule has 1 aliphatic heterocycles. The Balaban J connectivity index is 1.94. The van der Waals surface area contributed by atoms with Crippen molar-refractivity contribution in [3.05, 3.63) is 0 Å². The molecule has 2 N–H and O–H groups in total. The fourth-order valence-electron chi connectivity index (χ4n) is 3.11. The average molecular weight is 275 g/mol. The van der Waals surface area contributed by atoms with Gasteiger partial charge in [0.1, 0.15) is 0 Å². The van der Waals surface area contributed by atoms with Gasteiger partial charge in [-0.3, -0.25) is 4.79 Å². The molecule has 1 heterocycles. The van der Waals surface area contributed by atoms with Crippen LogP contribution < -0.4 is 5.73 Å². The number of rotatable bonds is 2. The number of halogens is 1. The Labute approximate surface area is 99.5 Å². The highest BCUT2D eigenvalue weighted by Crippen LogP contribution is 2.48. The van der Waals surface area contributed by atoms with Crippen molar-refractivity contribution in [3.8, 4) is 0 Å². The molecular formula is C11H19BrN2O. The van der Waals surface area contributed by atoms with Crippen LogP contribution in [0.3, 0.4) is 0 Å². The minimum absolute atomic E-state index is 0.120. The fourth-order valence-corrected chi connectivity index (χ4v) is 3.66. The lowest BCUT2D eigenvalue weighted by molar-refractivity contribution is -0.129. The number of alkyl halides is 1. The minimum Gasteiger partial charge on any atom is -0.341 e. The van der Waals surface area contributed by atoms with Crippen LogP contribution in [0.15, 0.2) is 0 Å². The zero-order chi connectivity index (χ0) is 10.9. The quantitative estimate of drug-likeness (QED) is 0.773. The summed E-state index contributed by atoms with van der Waals surface area (Å²) in [5, 5.41) is 1.11. The van der Waals surface area contributed by atoms with Gasteiger partial charge in [0.05, 0.1) is 6.54 Å². The number of nitrogens with zero attached hydrogens (tertiary/aromatic N) is 1. The number of carbonyl (C=O) groups is 1. The first-order valence-corrected chi connectivity index (χ1v) is 6.85. The summed E-state index contributed by atoms with van der Waals surface area (Å²) in [5.41, 5.74) is 5.83. The highest BCUT2D eigenvalue weighted by atomic mass is 79.9. The Morgan fingerprint density at radius 3 is 2.93 bits per heavy atom. The van der Waals surface area contributed by atoms with Crippen LogP contribution in [0, 0.1) is 11.3 Å². The number of nitrogens with two attached hydrogens (primary N) is 1. The second-order valence-corrected chi connectivity index (χ2v) is 5.68. The van der Waals surface area contributed by atoms with Crippen molar-refractivity contribution in [1.29, 1.82) is 0 Å². The molecule has 1 saturated carbocycles. The predicted octanol–water partition coefficient (Wildman–Crippen LogP) is 1.36. The largest absolute Gasteiger partial charge is 0.341 e. The summed E-state index contributed by atoms with van der Waals surface area (Å²) in [7, 11) is 0. The van der Waals surface area contributed by atoms with Crippen LogP contribution in [0.25, 0.3) is 0 Å². The van der Waals surface area contributed by atoms with Crippen molar-refractivity contribution < 1.29 is 4.79 Å². The van der Waals surface area contributed by atoms with Crippen molar-refractivity contribution in [1.82, 2.24) is 4.90 Å². The van der Waals surface area contributed by atoms with Crippen LogP contribution in [0.5, 0.6) is 0 Å². The number of hydrogen-bond acceptors (Lipinski definition) is 2. The second kappa shape index (κ2) is 4.42. The summed E-state index contributed by atoms with van der Waals surface area (Å²) < 4.78 is 0. The van der Waals surface area contributed by atoms with Crippen LogP contribution in [0.1, 0.15) is 25.7 Å². The van der Waals surface area contributed by atoms with Crippen LogP contribution in [-0.4, -0.2) is 35.8 Å². The molecule has 1 aliphatic carbocycles. The van der Waals surface area contributed by atoms with Crippen LogP contribution in [-0.2, 0) is 4.79 Å². The first-order valence-electron chi connectivity index (χ1n) is 5.73. The molecule has 0 aromatic carbocycles. The Bertz CT molecular complexity index is 259. The maximum atomic E-state index is 11.5. The first kappa shape index (κ1) is 11.4. The summed E-state index contributed by atoms with van der Waals surface area (Å²) in [6.45, 7) is 2.04. The predicted molar refractivity (Wildman–Crippen MR) is 63.8 cm³/mol. The molecule has 2 aliphatic rings. The van der Waals surface area contributed by atoms with E-state index >= 15 is 0 Å². The third-order valence-corrected chi connectivity index (χ3v) is 4.90. The molecule has 0 unspecified atom stereocenters. The Morgan fingerprint density at radius 2 is 2.33 bits per heavy atom. The van der Waals surface area contributed by atoms with Gasteiger partial charge in [-0.1, -0.05) is 15.9 Å². The van der Waals surface area contributed by atoms with E-state index in [0.717, 1.165) is 24.3 Å². The second-order valence-electron chi connectivity index (χ2n) is 5.03. The number of amides is 1. The van der Waals surface area contributed by atoms with E-state index in [-0.39, 0.29) is 12.5 Å². The molecule has 15 heavy (non-hydrogen) atoms. The zero-order valence-electron chi connectivity index (χ0n) is 9.04. The van der Waals surface area contributed by atoms with Gasteiger partial charge >= 0.3 is 0 Å². The molecule has 1 saturated heterocycles. The highest BCUT2D eigenvalue weighted by molar-refractivity contribution is 9.09. The monoisotopic (exact) mass is 274 g/mol. The van der Waals surface area contributed by atoms with Gasteiger partial charge in [-0.05, 0) is 37.0 Å². The lowest BCUT2D eigenvalue weighted by atomic mass is 9.85. The molecule has 2 atom stereocenters. The molecular weight excluding hydrogens is 256 g/mol. The van der Waals surface area contributed by atoms with Gasteiger partial charge in [-0.2, -0.15) is 0 Å². The Hall–Kier alpha value is -0.0900. The summed E-state index contributed by atoms with van der Waals surface area (Å²) in [5.74, 6) is 0.937. The summed E-state index contributed by atoms with van der Waals surface area (Å²) in [6.07, 6.45) is 5.07. The average Bonchev–Trinajstić information content (AvgIpc) is 2.86. The zero-order valence-corrected chi connectivity index (χ0v) is 10.6. The van der Waals surface area contributed by atoms with E-state index in [2.05, 4.69) is 15.9 Å². The third-order valence-electron chi connectivity index (χ3n) is 3.99. The van der Waals surface area contributed by atoms with Crippen molar-refractivity contribution in [2.75, 3.05) is 25.0 Å². The number of carbonyl (C=O) groups excluding carboxylic acids is 1. The molecule has 0 bridgehead atoms. The fraction of sp³-hybridized carbons (Fsp3) is 0.909.